The highest BCUT2D eigenvalue weighted by Gasteiger charge is 2.32. The van der Waals surface area contributed by atoms with Crippen molar-refractivity contribution < 1.29 is 13.2 Å². The van der Waals surface area contributed by atoms with Gasteiger partial charge >= 0.3 is 0 Å². The summed E-state index contributed by atoms with van der Waals surface area (Å²) in [5.74, 6) is -0.0226. The van der Waals surface area contributed by atoms with E-state index in [0.29, 0.717) is 36.4 Å². The zero-order valence-corrected chi connectivity index (χ0v) is 14.5. The lowest BCUT2D eigenvalue weighted by molar-refractivity contribution is 0.0725. The summed E-state index contributed by atoms with van der Waals surface area (Å²) < 4.78 is 25.3. The molecule has 0 radical (unpaired) electrons. The molecule has 1 aliphatic heterocycles. The van der Waals surface area contributed by atoms with Gasteiger partial charge in [0.05, 0.1) is 10.1 Å². The van der Waals surface area contributed by atoms with E-state index in [1.54, 1.807) is 29.2 Å². The third kappa shape index (κ3) is 3.36. The van der Waals surface area contributed by atoms with Crippen molar-refractivity contribution >= 4 is 15.7 Å². The first-order valence-corrected chi connectivity index (χ1v) is 9.68. The molecule has 0 aromatic heterocycles. The number of rotatable bonds is 3. The summed E-state index contributed by atoms with van der Waals surface area (Å²) in [6.45, 7) is 2.93. The number of carbonyl (C=O) groups is 1. The van der Waals surface area contributed by atoms with Gasteiger partial charge in [0.1, 0.15) is 0 Å². The molecule has 5 heteroatoms. The van der Waals surface area contributed by atoms with Crippen LogP contribution in [0.3, 0.4) is 0 Å². The fourth-order valence-electron chi connectivity index (χ4n) is 3.05. The number of hydrogen-bond donors (Lipinski definition) is 0. The van der Waals surface area contributed by atoms with Gasteiger partial charge in [0.25, 0.3) is 5.91 Å². The van der Waals surface area contributed by atoms with Gasteiger partial charge in [-0.2, -0.15) is 0 Å². The molecule has 1 saturated heterocycles. The maximum atomic E-state index is 12.7. The number of piperidine rings is 1. The molecule has 1 aliphatic rings. The van der Waals surface area contributed by atoms with Crippen LogP contribution in [0.15, 0.2) is 59.5 Å². The molecule has 126 valence electrons. The molecule has 0 saturated carbocycles. The highest BCUT2D eigenvalue weighted by atomic mass is 32.2. The Morgan fingerprint density at radius 3 is 2.12 bits per heavy atom. The second kappa shape index (κ2) is 6.77. The molecule has 2 aromatic rings. The maximum absolute atomic E-state index is 12.7. The van der Waals surface area contributed by atoms with E-state index in [1.807, 2.05) is 37.3 Å². The Morgan fingerprint density at radius 2 is 1.54 bits per heavy atom. The summed E-state index contributed by atoms with van der Waals surface area (Å²) in [6, 6.07) is 16.0. The van der Waals surface area contributed by atoms with Gasteiger partial charge in [0.15, 0.2) is 9.84 Å². The summed E-state index contributed by atoms with van der Waals surface area (Å²) in [4.78, 5) is 14.6. The SMILES string of the molecule is Cc1ccc(C(=O)N2CCC(S(=O)(=O)c3ccccc3)CC2)cc1. The zero-order valence-electron chi connectivity index (χ0n) is 13.7. The molecule has 0 N–H and O–H groups in total. The van der Waals surface area contributed by atoms with Gasteiger partial charge in [-0.1, -0.05) is 35.9 Å². The average molecular weight is 343 g/mol. The van der Waals surface area contributed by atoms with E-state index in [9.17, 15) is 13.2 Å². The van der Waals surface area contributed by atoms with Crippen molar-refractivity contribution in [2.75, 3.05) is 13.1 Å². The van der Waals surface area contributed by atoms with E-state index in [0.717, 1.165) is 5.56 Å². The van der Waals surface area contributed by atoms with Gasteiger partial charge in [-0.05, 0) is 44.0 Å². The quantitative estimate of drug-likeness (QED) is 0.860. The van der Waals surface area contributed by atoms with Gasteiger partial charge in [-0.15, -0.1) is 0 Å². The molecular weight excluding hydrogens is 322 g/mol. The van der Waals surface area contributed by atoms with Gasteiger partial charge in [-0.3, -0.25) is 4.79 Å². The van der Waals surface area contributed by atoms with Crippen molar-refractivity contribution in [3.8, 4) is 0 Å². The first-order valence-electron chi connectivity index (χ1n) is 8.13. The molecule has 4 nitrogen and oxygen atoms in total. The lowest BCUT2D eigenvalue weighted by Crippen LogP contribution is -2.42. The second-order valence-electron chi connectivity index (χ2n) is 6.22. The summed E-state index contributed by atoms with van der Waals surface area (Å²) in [6.07, 6.45) is 0.962. The Hall–Kier alpha value is -2.14. The molecule has 0 atom stereocenters. The third-order valence-electron chi connectivity index (χ3n) is 4.54. The highest BCUT2D eigenvalue weighted by molar-refractivity contribution is 7.92. The molecule has 0 spiro atoms. The topological polar surface area (TPSA) is 54.5 Å². The Balaban J connectivity index is 1.67. The van der Waals surface area contributed by atoms with E-state index in [1.165, 1.54) is 0 Å². The van der Waals surface area contributed by atoms with E-state index >= 15 is 0 Å². The Labute approximate surface area is 143 Å². The van der Waals surface area contributed by atoms with Crippen LogP contribution in [-0.2, 0) is 9.84 Å². The Kier molecular flexibility index (Phi) is 4.71. The van der Waals surface area contributed by atoms with Gasteiger partial charge in [-0.25, -0.2) is 8.42 Å². The first kappa shape index (κ1) is 16.7. The Morgan fingerprint density at radius 1 is 0.958 bits per heavy atom. The van der Waals surface area contributed by atoms with Crippen LogP contribution in [0, 0.1) is 6.92 Å². The minimum absolute atomic E-state index is 0.0226. The fourth-order valence-corrected chi connectivity index (χ4v) is 4.80. The summed E-state index contributed by atoms with van der Waals surface area (Å²) in [7, 11) is -3.32. The van der Waals surface area contributed by atoms with Crippen LogP contribution in [0.5, 0.6) is 0 Å². The first-order chi connectivity index (χ1) is 11.5. The van der Waals surface area contributed by atoms with Crippen molar-refractivity contribution in [1.82, 2.24) is 4.90 Å². The van der Waals surface area contributed by atoms with Crippen LogP contribution >= 0.6 is 0 Å². The van der Waals surface area contributed by atoms with E-state index < -0.39 is 15.1 Å². The van der Waals surface area contributed by atoms with E-state index in [4.69, 9.17) is 0 Å². The second-order valence-corrected chi connectivity index (χ2v) is 8.44. The molecule has 0 bridgehead atoms. The van der Waals surface area contributed by atoms with Crippen LogP contribution in [0.25, 0.3) is 0 Å². The molecule has 3 rings (SSSR count). The van der Waals surface area contributed by atoms with Gasteiger partial charge in [0, 0.05) is 18.7 Å². The number of likely N-dealkylation sites (tertiary alicyclic amines) is 1. The zero-order chi connectivity index (χ0) is 17.2. The minimum Gasteiger partial charge on any atom is -0.339 e. The predicted octanol–water partition coefficient (Wildman–Crippen LogP) is 3.07. The third-order valence-corrected chi connectivity index (χ3v) is 6.82. The van der Waals surface area contributed by atoms with Crippen molar-refractivity contribution in [2.24, 2.45) is 0 Å². The monoisotopic (exact) mass is 343 g/mol. The Bertz CT molecular complexity index is 805. The van der Waals surface area contributed by atoms with Crippen LogP contribution in [-0.4, -0.2) is 37.6 Å². The van der Waals surface area contributed by atoms with E-state index in [-0.39, 0.29) is 5.91 Å². The van der Waals surface area contributed by atoms with Crippen LogP contribution < -0.4 is 0 Å². The van der Waals surface area contributed by atoms with Crippen LogP contribution in [0.2, 0.25) is 0 Å². The summed E-state index contributed by atoms with van der Waals surface area (Å²) >= 11 is 0. The number of nitrogens with zero attached hydrogens (tertiary/aromatic N) is 1. The van der Waals surface area contributed by atoms with Crippen molar-refractivity contribution in [3.05, 3.63) is 65.7 Å². The fraction of sp³-hybridized carbons (Fsp3) is 0.316. The average Bonchev–Trinajstić information content (AvgIpc) is 2.62. The summed E-state index contributed by atoms with van der Waals surface area (Å²) in [5.41, 5.74) is 1.77. The maximum Gasteiger partial charge on any atom is 0.253 e. The lowest BCUT2D eigenvalue weighted by Gasteiger charge is -2.31. The number of hydrogen-bond acceptors (Lipinski definition) is 3. The number of benzene rings is 2. The molecule has 1 heterocycles. The lowest BCUT2D eigenvalue weighted by atomic mass is 10.1. The molecular formula is C19H21NO3S. The van der Waals surface area contributed by atoms with Crippen LogP contribution in [0.1, 0.15) is 28.8 Å². The molecule has 2 aromatic carbocycles. The normalized spacial score (nSPS) is 16.1. The van der Waals surface area contributed by atoms with Crippen LogP contribution in [0.4, 0.5) is 0 Å². The molecule has 1 fully saturated rings. The van der Waals surface area contributed by atoms with Crippen molar-refractivity contribution in [2.45, 2.75) is 29.9 Å². The minimum atomic E-state index is -3.32. The number of sulfone groups is 1. The number of amides is 1. The molecule has 24 heavy (non-hydrogen) atoms. The smallest absolute Gasteiger partial charge is 0.253 e. The van der Waals surface area contributed by atoms with Gasteiger partial charge < -0.3 is 4.90 Å². The molecule has 1 amide bonds. The number of aryl methyl sites for hydroxylation is 1. The van der Waals surface area contributed by atoms with Gasteiger partial charge in [0.2, 0.25) is 0 Å². The summed E-state index contributed by atoms with van der Waals surface area (Å²) in [5, 5.41) is -0.415. The highest BCUT2D eigenvalue weighted by Crippen LogP contribution is 2.25. The van der Waals surface area contributed by atoms with Crippen molar-refractivity contribution in [3.63, 3.8) is 0 Å². The van der Waals surface area contributed by atoms with E-state index in [2.05, 4.69) is 0 Å². The molecule has 0 aliphatic carbocycles. The molecule has 0 unspecified atom stereocenters. The van der Waals surface area contributed by atoms with Crippen molar-refractivity contribution in [1.29, 1.82) is 0 Å². The predicted molar refractivity (Wildman–Crippen MR) is 93.7 cm³/mol. The largest absolute Gasteiger partial charge is 0.339 e. The standard InChI is InChI=1S/C19H21NO3S/c1-15-7-9-16(10-8-15)19(21)20-13-11-18(12-14-20)24(22,23)17-5-3-2-4-6-17/h2-10,18H,11-14H2,1H3. The number of carbonyl (C=O) groups excluding carboxylic acids is 1.